The Morgan fingerprint density at radius 2 is 2.20 bits per heavy atom. The van der Waals surface area contributed by atoms with E-state index in [1.807, 2.05) is 30.0 Å². The summed E-state index contributed by atoms with van der Waals surface area (Å²) in [5.41, 5.74) is 7.49. The van der Waals surface area contributed by atoms with E-state index in [1.54, 1.807) is 7.11 Å². The van der Waals surface area contributed by atoms with E-state index < -0.39 is 0 Å². The van der Waals surface area contributed by atoms with Gasteiger partial charge in [0.25, 0.3) is 5.91 Å². The summed E-state index contributed by atoms with van der Waals surface area (Å²) in [7, 11) is 3.68. The van der Waals surface area contributed by atoms with Gasteiger partial charge in [-0.2, -0.15) is 0 Å². The second-order valence-electron chi connectivity index (χ2n) is 5.33. The number of aryl methyl sites for hydroxylation is 1. The number of carbonyl (C=O) groups excluding carboxylic acids is 1. The molecule has 1 heterocycles. The van der Waals surface area contributed by atoms with Crippen LogP contribution in [0.4, 0.5) is 0 Å². The Kier molecular flexibility index (Phi) is 4.62. The zero-order valence-corrected chi connectivity index (χ0v) is 12.4. The number of benzene rings is 1. The van der Waals surface area contributed by atoms with Crippen molar-refractivity contribution in [2.24, 2.45) is 5.73 Å². The molecule has 1 aliphatic rings. The Morgan fingerprint density at radius 3 is 2.85 bits per heavy atom. The lowest BCUT2D eigenvalue weighted by molar-refractivity contribution is 0.0515. The van der Waals surface area contributed by atoms with E-state index in [4.69, 9.17) is 10.5 Å². The van der Waals surface area contributed by atoms with Crippen molar-refractivity contribution in [1.82, 2.24) is 9.80 Å². The molecule has 1 unspecified atom stereocenters. The summed E-state index contributed by atoms with van der Waals surface area (Å²) in [6.07, 6.45) is 0. The van der Waals surface area contributed by atoms with Gasteiger partial charge >= 0.3 is 0 Å². The number of methoxy groups -OCH3 is 1. The van der Waals surface area contributed by atoms with Crippen LogP contribution in [0.1, 0.15) is 15.9 Å². The molecule has 5 heteroatoms. The first-order valence-electron chi connectivity index (χ1n) is 6.91. The average molecular weight is 277 g/mol. The third kappa shape index (κ3) is 2.94. The first-order chi connectivity index (χ1) is 9.56. The summed E-state index contributed by atoms with van der Waals surface area (Å²) < 4.78 is 5.29. The predicted molar refractivity (Wildman–Crippen MR) is 79.1 cm³/mol. The lowest BCUT2D eigenvalue weighted by Crippen LogP contribution is -2.56. The summed E-state index contributed by atoms with van der Waals surface area (Å²) >= 11 is 0. The van der Waals surface area contributed by atoms with Gasteiger partial charge in [-0.1, -0.05) is 6.07 Å². The van der Waals surface area contributed by atoms with Crippen LogP contribution in [0.2, 0.25) is 0 Å². The molecule has 0 bridgehead atoms. The zero-order chi connectivity index (χ0) is 14.7. The van der Waals surface area contributed by atoms with Gasteiger partial charge in [-0.3, -0.25) is 4.79 Å². The van der Waals surface area contributed by atoms with Crippen molar-refractivity contribution in [3.63, 3.8) is 0 Å². The highest BCUT2D eigenvalue weighted by molar-refractivity contribution is 5.95. The van der Waals surface area contributed by atoms with Crippen molar-refractivity contribution in [2.45, 2.75) is 13.0 Å². The fraction of sp³-hybridized carbons (Fsp3) is 0.533. The van der Waals surface area contributed by atoms with Gasteiger partial charge in [0.15, 0.2) is 0 Å². The summed E-state index contributed by atoms with van der Waals surface area (Å²) in [5, 5.41) is 0. The van der Waals surface area contributed by atoms with E-state index in [2.05, 4.69) is 11.9 Å². The first kappa shape index (κ1) is 14.8. The number of hydrogen-bond acceptors (Lipinski definition) is 4. The molecule has 1 fully saturated rings. The lowest BCUT2D eigenvalue weighted by atomic mass is 10.1. The molecule has 1 aromatic carbocycles. The Balaban J connectivity index is 2.21. The van der Waals surface area contributed by atoms with Gasteiger partial charge in [-0.15, -0.1) is 0 Å². The number of hydrogen-bond donors (Lipinski definition) is 1. The van der Waals surface area contributed by atoms with E-state index in [0.717, 1.165) is 24.4 Å². The van der Waals surface area contributed by atoms with Crippen molar-refractivity contribution >= 4 is 5.91 Å². The van der Waals surface area contributed by atoms with E-state index in [9.17, 15) is 4.79 Å². The fourth-order valence-electron chi connectivity index (χ4n) is 2.60. The Labute approximate surface area is 120 Å². The van der Waals surface area contributed by atoms with E-state index >= 15 is 0 Å². The summed E-state index contributed by atoms with van der Waals surface area (Å²) in [6.45, 7) is 4.87. The molecule has 1 aliphatic heterocycles. The fourth-order valence-corrected chi connectivity index (χ4v) is 2.60. The molecule has 0 spiro atoms. The third-order valence-corrected chi connectivity index (χ3v) is 3.87. The Morgan fingerprint density at radius 1 is 1.45 bits per heavy atom. The van der Waals surface area contributed by atoms with Crippen molar-refractivity contribution < 1.29 is 9.53 Å². The maximum absolute atomic E-state index is 12.7. The van der Waals surface area contributed by atoms with Crippen molar-refractivity contribution in [2.75, 3.05) is 40.3 Å². The van der Waals surface area contributed by atoms with Crippen LogP contribution in [0.3, 0.4) is 0 Å². The number of piperazine rings is 1. The summed E-state index contributed by atoms with van der Waals surface area (Å²) in [5.74, 6) is 0.779. The van der Waals surface area contributed by atoms with Crippen LogP contribution in [-0.2, 0) is 0 Å². The molecular weight excluding hydrogens is 254 g/mol. The Bertz CT molecular complexity index is 490. The summed E-state index contributed by atoms with van der Waals surface area (Å²) in [6, 6.07) is 5.66. The maximum atomic E-state index is 12.7. The van der Waals surface area contributed by atoms with Crippen LogP contribution in [0.15, 0.2) is 18.2 Å². The van der Waals surface area contributed by atoms with Crippen LogP contribution in [0.5, 0.6) is 5.75 Å². The van der Waals surface area contributed by atoms with Gasteiger partial charge in [-0.25, -0.2) is 0 Å². The number of likely N-dealkylation sites (N-methyl/N-ethyl adjacent to an activating group) is 1. The average Bonchev–Trinajstić information content (AvgIpc) is 2.46. The molecule has 1 atom stereocenters. The monoisotopic (exact) mass is 277 g/mol. The number of ether oxygens (including phenoxy) is 1. The molecule has 1 saturated heterocycles. The van der Waals surface area contributed by atoms with Gasteiger partial charge in [0.05, 0.1) is 13.2 Å². The van der Waals surface area contributed by atoms with Gasteiger partial charge < -0.3 is 20.3 Å². The second kappa shape index (κ2) is 6.24. The van der Waals surface area contributed by atoms with E-state index in [0.29, 0.717) is 18.7 Å². The molecule has 1 amide bonds. The molecule has 0 radical (unpaired) electrons. The van der Waals surface area contributed by atoms with Crippen LogP contribution >= 0.6 is 0 Å². The molecule has 0 aromatic heterocycles. The third-order valence-electron chi connectivity index (χ3n) is 3.87. The van der Waals surface area contributed by atoms with Gasteiger partial charge in [0.2, 0.25) is 0 Å². The van der Waals surface area contributed by atoms with Crippen molar-refractivity contribution in [3.8, 4) is 5.75 Å². The largest absolute Gasteiger partial charge is 0.496 e. The molecule has 20 heavy (non-hydrogen) atoms. The number of carbonyl (C=O) groups is 1. The minimum absolute atomic E-state index is 0.0341. The molecule has 2 N–H and O–H groups in total. The molecular formula is C15H23N3O2. The molecule has 0 aliphatic carbocycles. The molecule has 1 aromatic rings. The highest BCUT2D eigenvalue weighted by Gasteiger charge is 2.28. The van der Waals surface area contributed by atoms with E-state index in [-0.39, 0.29) is 11.9 Å². The number of nitrogens with two attached hydrogens (primary N) is 1. The normalized spacial score (nSPS) is 20.0. The van der Waals surface area contributed by atoms with Gasteiger partial charge in [0, 0.05) is 31.7 Å². The highest BCUT2D eigenvalue weighted by Crippen LogP contribution is 2.21. The topological polar surface area (TPSA) is 58.8 Å². The van der Waals surface area contributed by atoms with Gasteiger partial charge in [-0.05, 0) is 31.7 Å². The smallest absolute Gasteiger partial charge is 0.254 e. The van der Waals surface area contributed by atoms with Crippen molar-refractivity contribution in [3.05, 3.63) is 29.3 Å². The number of amides is 1. The first-order valence-corrected chi connectivity index (χ1v) is 6.91. The van der Waals surface area contributed by atoms with Crippen LogP contribution < -0.4 is 10.5 Å². The molecule has 0 saturated carbocycles. The van der Waals surface area contributed by atoms with Crippen LogP contribution in [-0.4, -0.2) is 62.1 Å². The van der Waals surface area contributed by atoms with Crippen LogP contribution in [0, 0.1) is 6.92 Å². The molecule has 2 rings (SSSR count). The highest BCUT2D eigenvalue weighted by atomic mass is 16.5. The summed E-state index contributed by atoms with van der Waals surface area (Å²) in [4.78, 5) is 16.7. The molecule has 5 nitrogen and oxygen atoms in total. The zero-order valence-electron chi connectivity index (χ0n) is 12.4. The standard InChI is InChI=1S/C15H23N3O2/c1-11-4-5-12(8-14(11)20-3)15(19)18-7-6-17(2)10-13(18)9-16/h4-5,8,13H,6-7,9-10,16H2,1-3H3. The van der Waals surface area contributed by atoms with E-state index in [1.165, 1.54) is 0 Å². The SMILES string of the molecule is COc1cc(C(=O)N2CCN(C)CC2CN)ccc1C. The second-order valence-corrected chi connectivity index (χ2v) is 5.33. The maximum Gasteiger partial charge on any atom is 0.254 e. The lowest BCUT2D eigenvalue weighted by Gasteiger charge is -2.39. The number of rotatable bonds is 3. The number of nitrogens with zero attached hydrogens (tertiary/aromatic N) is 2. The minimum atomic E-state index is 0.0341. The van der Waals surface area contributed by atoms with Crippen LogP contribution in [0.25, 0.3) is 0 Å². The van der Waals surface area contributed by atoms with Gasteiger partial charge in [0.1, 0.15) is 5.75 Å². The molecule has 110 valence electrons. The van der Waals surface area contributed by atoms with Crippen molar-refractivity contribution in [1.29, 1.82) is 0 Å². The quantitative estimate of drug-likeness (QED) is 0.884. The predicted octanol–water partition coefficient (Wildman–Crippen LogP) is 0.719. The minimum Gasteiger partial charge on any atom is -0.496 e. The Hall–Kier alpha value is -1.59.